The summed E-state index contributed by atoms with van der Waals surface area (Å²) in [4.78, 5) is 15.5. The Kier molecular flexibility index (Phi) is 2.33. The van der Waals surface area contributed by atoms with Crippen molar-refractivity contribution >= 4 is 0 Å². The lowest BCUT2D eigenvalue weighted by molar-refractivity contribution is 0.761. The first-order valence-corrected chi connectivity index (χ1v) is 4.66. The Labute approximate surface area is 87.2 Å². The van der Waals surface area contributed by atoms with Crippen LogP contribution in [0.5, 0.6) is 0 Å². The monoisotopic (exact) mass is 201 g/mol. The minimum Gasteiger partial charge on any atom is -0.265 e. The Hall–Kier alpha value is -1.97. The summed E-state index contributed by atoms with van der Waals surface area (Å²) in [7, 11) is 0. The maximum atomic E-state index is 11.7. The number of nitrogens with zero attached hydrogens (tertiary/aromatic N) is 3. The molecular weight excluding hydrogens is 190 g/mol. The zero-order valence-electron chi connectivity index (χ0n) is 8.64. The largest absolute Gasteiger partial charge is 0.292 e. The second kappa shape index (κ2) is 3.65. The molecule has 0 atom stereocenters. The van der Waals surface area contributed by atoms with Crippen molar-refractivity contribution in [2.24, 2.45) is 0 Å². The van der Waals surface area contributed by atoms with Crippen molar-refractivity contribution in [3.05, 3.63) is 52.2 Å². The molecule has 15 heavy (non-hydrogen) atoms. The van der Waals surface area contributed by atoms with Gasteiger partial charge in [0.25, 0.3) is 5.56 Å². The van der Waals surface area contributed by atoms with E-state index in [1.165, 1.54) is 11.0 Å². The molecule has 0 saturated heterocycles. The summed E-state index contributed by atoms with van der Waals surface area (Å²) in [6, 6.07) is 7.62. The van der Waals surface area contributed by atoms with Crippen LogP contribution in [0.2, 0.25) is 0 Å². The quantitative estimate of drug-likeness (QED) is 0.697. The van der Waals surface area contributed by atoms with Crippen LogP contribution in [0, 0.1) is 13.8 Å². The highest BCUT2D eigenvalue weighted by Gasteiger charge is 2.02. The molecule has 4 heteroatoms. The molecule has 0 aliphatic carbocycles. The molecule has 0 N–H and O–H groups in total. The van der Waals surface area contributed by atoms with Crippen molar-refractivity contribution < 1.29 is 0 Å². The van der Waals surface area contributed by atoms with E-state index in [0.717, 1.165) is 11.3 Å². The molecule has 0 spiro atoms. The molecule has 1 heterocycles. The van der Waals surface area contributed by atoms with Gasteiger partial charge in [-0.25, -0.2) is 4.98 Å². The number of aryl methyl sites for hydroxylation is 2. The Bertz CT molecular complexity index is 528. The molecule has 4 nitrogen and oxygen atoms in total. The Balaban J connectivity index is 2.59. The van der Waals surface area contributed by atoms with Gasteiger partial charge in [0.1, 0.15) is 12.0 Å². The van der Waals surface area contributed by atoms with Crippen LogP contribution < -0.4 is 5.56 Å². The van der Waals surface area contributed by atoms with Crippen LogP contribution in [0.3, 0.4) is 0 Å². The third kappa shape index (κ3) is 1.79. The minimum absolute atomic E-state index is 0.179. The van der Waals surface area contributed by atoms with E-state index in [0.29, 0.717) is 5.69 Å². The standard InChI is InChI=1S/C11H11N3O/c1-8-3-5-10(6-4-8)14-11(15)9(2)12-7-13-14/h3-7H,1-2H3. The molecule has 0 saturated carbocycles. The summed E-state index contributed by atoms with van der Waals surface area (Å²) in [6.45, 7) is 3.67. The number of rotatable bonds is 1. The van der Waals surface area contributed by atoms with Gasteiger partial charge in [-0.1, -0.05) is 17.7 Å². The summed E-state index contributed by atoms with van der Waals surface area (Å²) in [5.74, 6) is 0. The molecule has 0 bridgehead atoms. The number of aromatic nitrogens is 3. The van der Waals surface area contributed by atoms with E-state index in [4.69, 9.17) is 0 Å². The normalized spacial score (nSPS) is 10.3. The number of hydrogen-bond acceptors (Lipinski definition) is 3. The second-order valence-corrected chi connectivity index (χ2v) is 3.40. The van der Waals surface area contributed by atoms with Gasteiger partial charge in [0, 0.05) is 0 Å². The van der Waals surface area contributed by atoms with Crippen LogP contribution in [0.25, 0.3) is 5.69 Å². The van der Waals surface area contributed by atoms with Crippen LogP contribution in [-0.4, -0.2) is 14.8 Å². The van der Waals surface area contributed by atoms with Gasteiger partial charge < -0.3 is 0 Å². The van der Waals surface area contributed by atoms with Crippen molar-refractivity contribution in [1.29, 1.82) is 0 Å². The van der Waals surface area contributed by atoms with Crippen LogP contribution in [0.15, 0.2) is 35.4 Å². The van der Waals surface area contributed by atoms with Gasteiger partial charge in [0.05, 0.1) is 5.69 Å². The van der Waals surface area contributed by atoms with E-state index in [2.05, 4.69) is 10.1 Å². The summed E-state index contributed by atoms with van der Waals surface area (Å²) < 4.78 is 1.35. The fourth-order valence-corrected chi connectivity index (χ4v) is 1.29. The first kappa shape index (κ1) is 9.58. The predicted octanol–water partition coefficient (Wildman–Crippen LogP) is 1.24. The van der Waals surface area contributed by atoms with E-state index in [-0.39, 0.29) is 5.56 Å². The molecule has 2 rings (SSSR count). The van der Waals surface area contributed by atoms with Crippen molar-refractivity contribution in [2.45, 2.75) is 13.8 Å². The first-order chi connectivity index (χ1) is 7.18. The molecule has 1 aromatic heterocycles. The zero-order valence-corrected chi connectivity index (χ0v) is 8.64. The molecule has 0 fully saturated rings. The van der Waals surface area contributed by atoms with Crippen molar-refractivity contribution in [2.75, 3.05) is 0 Å². The molecular formula is C11H11N3O. The zero-order chi connectivity index (χ0) is 10.8. The summed E-state index contributed by atoms with van der Waals surface area (Å²) in [5, 5.41) is 3.93. The summed E-state index contributed by atoms with van der Waals surface area (Å²) in [5.41, 5.74) is 2.18. The van der Waals surface area contributed by atoms with Crippen molar-refractivity contribution in [3.63, 3.8) is 0 Å². The lowest BCUT2D eigenvalue weighted by Gasteiger charge is -2.04. The molecule has 0 unspecified atom stereocenters. The highest BCUT2D eigenvalue weighted by atomic mass is 16.1. The average molecular weight is 201 g/mol. The highest BCUT2D eigenvalue weighted by Crippen LogP contribution is 2.05. The Morgan fingerprint density at radius 2 is 1.80 bits per heavy atom. The van der Waals surface area contributed by atoms with Gasteiger partial charge in [0.2, 0.25) is 0 Å². The van der Waals surface area contributed by atoms with E-state index in [9.17, 15) is 4.79 Å². The maximum Gasteiger partial charge on any atom is 0.292 e. The van der Waals surface area contributed by atoms with Crippen LogP contribution in [0.1, 0.15) is 11.3 Å². The number of benzene rings is 1. The van der Waals surface area contributed by atoms with Gasteiger partial charge in [-0.2, -0.15) is 9.78 Å². The maximum absolute atomic E-state index is 11.7. The molecule has 0 amide bonds. The van der Waals surface area contributed by atoms with E-state index in [1.54, 1.807) is 6.92 Å². The van der Waals surface area contributed by atoms with Crippen LogP contribution in [-0.2, 0) is 0 Å². The molecule has 0 aliphatic rings. The topological polar surface area (TPSA) is 47.8 Å². The van der Waals surface area contributed by atoms with Crippen LogP contribution >= 0.6 is 0 Å². The number of hydrogen-bond donors (Lipinski definition) is 0. The molecule has 1 aromatic carbocycles. The summed E-state index contributed by atoms with van der Waals surface area (Å²) in [6.07, 6.45) is 1.39. The average Bonchev–Trinajstić information content (AvgIpc) is 2.24. The van der Waals surface area contributed by atoms with Gasteiger partial charge in [-0.05, 0) is 26.0 Å². The highest BCUT2D eigenvalue weighted by molar-refractivity contribution is 5.33. The van der Waals surface area contributed by atoms with Crippen molar-refractivity contribution in [3.8, 4) is 5.69 Å². The van der Waals surface area contributed by atoms with Crippen molar-refractivity contribution in [1.82, 2.24) is 14.8 Å². The fourth-order valence-electron chi connectivity index (χ4n) is 1.29. The van der Waals surface area contributed by atoms with Gasteiger partial charge in [0.15, 0.2) is 0 Å². The molecule has 2 aromatic rings. The third-order valence-corrected chi connectivity index (χ3v) is 2.20. The SMILES string of the molecule is Cc1ccc(-n2ncnc(C)c2=O)cc1. The fraction of sp³-hybridized carbons (Fsp3) is 0.182. The van der Waals surface area contributed by atoms with E-state index < -0.39 is 0 Å². The van der Waals surface area contributed by atoms with E-state index in [1.807, 2.05) is 31.2 Å². The molecule has 0 radical (unpaired) electrons. The van der Waals surface area contributed by atoms with E-state index >= 15 is 0 Å². The Morgan fingerprint density at radius 1 is 1.13 bits per heavy atom. The van der Waals surface area contributed by atoms with Crippen LogP contribution in [0.4, 0.5) is 0 Å². The van der Waals surface area contributed by atoms with Gasteiger partial charge in [-0.15, -0.1) is 0 Å². The predicted molar refractivity (Wildman–Crippen MR) is 57.1 cm³/mol. The lowest BCUT2D eigenvalue weighted by Crippen LogP contribution is -2.24. The third-order valence-electron chi connectivity index (χ3n) is 2.20. The summed E-state index contributed by atoms with van der Waals surface area (Å²) >= 11 is 0. The lowest BCUT2D eigenvalue weighted by atomic mass is 10.2. The minimum atomic E-state index is -0.179. The molecule has 0 aliphatic heterocycles. The smallest absolute Gasteiger partial charge is 0.265 e. The first-order valence-electron chi connectivity index (χ1n) is 4.66. The second-order valence-electron chi connectivity index (χ2n) is 3.40. The molecule has 76 valence electrons. The van der Waals surface area contributed by atoms with Gasteiger partial charge in [-0.3, -0.25) is 4.79 Å². The Morgan fingerprint density at radius 3 is 2.47 bits per heavy atom. The van der Waals surface area contributed by atoms with Gasteiger partial charge >= 0.3 is 0 Å².